The first-order valence-electron chi connectivity index (χ1n) is 9.50. The number of ether oxygens (including phenoxy) is 1. The van der Waals surface area contributed by atoms with Crippen molar-refractivity contribution in [1.82, 2.24) is 4.90 Å². The lowest BCUT2D eigenvalue weighted by Gasteiger charge is -2.38. The second kappa shape index (κ2) is 9.33. The molecular weight excluding hydrogens is 340 g/mol. The van der Waals surface area contributed by atoms with Crippen LogP contribution in [0.25, 0.3) is 0 Å². The SMILES string of the molecule is CCOC(=O)C(=O)N(c1ccccc1)C1CCN(Cc2ccccc2)CC1. The minimum atomic E-state index is -0.784. The molecule has 27 heavy (non-hydrogen) atoms. The Balaban J connectivity index is 1.69. The maximum atomic E-state index is 12.7. The van der Waals surface area contributed by atoms with E-state index in [0.29, 0.717) is 0 Å². The first kappa shape index (κ1) is 19.1. The molecule has 0 atom stereocenters. The second-order valence-electron chi connectivity index (χ2n) is 6.72. The number of piperidine rings is 1. The van der Waals surface area contributed by atoms with Crippen molar-refractivity contribution < 1.29 is 14.3 Å². The predicted molar refractivity (Wildman–Crippen MR) is 105 cm³/mol. The molecule has 0 N–H and O–H groups in total. The van der Waals surface area contributed by atoms with Crippen molar-refractivity contribution >= 4 is 17.6 Å². The van der Waals surface area contributed by atoms with Crippen LogP contribution in [0.4, 0.5) is 5.69 Å². The monoisotopic (exact) mass is 366 g/mol. The van der Waals surface area contributed by atoms with Crippen LogP contribution in [0.3, 0.4) is 0 Å². The van der Waals surface area contributed by atoms with Gasteiger partial charge in [0.05, 0.1) is 6.61 Å². The highest BCUT2D eigenvalue weighted by Crippen LogP contribution is 2.25. The van der Waals surface area contributed by atoms with Crippen LogP contribution in [0.2, 0.25) is 0 Å². The van der Waals surface area contributed by atoms with Crippen molar-refractivity contribution in [3.63, 3.8) is 0 Å². The summed E-state index contributed by atoms with van der Waals surface area (Å²) in [6.45, 7) is 4.59. The van der Waals surface area contributed by atoms with Gasteiger partial charge in [0.25, 0.3) is 0 Å². The summed E-state index contributed by atoms with van der Waals surface area (Å²) < 4.78 is 4.96. The van der Waals surface area contributed by atoms with E-state index >= 15 is 0 Å². The number of benzene rings is 2. The Morgan fingerprint density at radius 2 is 1.59 bits per heavy atom. The Morgan fingerprint density at radius 3 is 2.19 bits per heavy atom. The molecule has 3 rings (SSSR count). The van der Waals surface area contributed by atoms with Crippen LogP contribution in [0.5, 0.6) is 0 Å². The Hall–Kier alpha value is -2.66. The van der Waals surface area contributed by atoms with Crippen molar-refractivity contribution in [3.8, 4) is 0 Å². The van der Waals surface area contributed by atoms with E-state index in [1.807, 2.05) is 36.4 Å². The third-order valence-electron chi connectivity index (χ3n) is 4.87. The average Bonchev–Trinajstić information content (AvgIpc) is 2.71. The van der Waals surface area contributed by atoms with Gasteiger partial charge in [0.2, 0.25) is 0 Å². The highest BCUT2D eigenvalue weighted by atomic mass is 16.5. The molecule has 0 spiro atoms. The number of anilines is 1. The van der Waals surface area contributed by atoms with E-state index in [4.69, 9.17) is 4.74 Å². The van der Waals surface area contributed by atoms with Gasteiger partial charge in [-0.3, -0.25) is 14.6 Å². The number of amides is 1. The molecule has 142 valence electrons. The maximum Gasteiger partial charge on any atom is 0.397 e. The zero-order valence-corrected chi connectivity index (χ0v) is 15.7. The van der Waals surface area contributed by atoms with E-state index in [1.165, 1.54) is 5.56 Å². The first-order valence-corrected chi connectivity index (χ1v) is 9.50. The first-order chi connectivity index (χ1) is 13.2. The smallest absolute Gasteiger partial charge is 0.397 e. The van der Waals surface area contributed by atoms with Gasteiger partial charge in [0.15, 0.2) is 0 Å². The van der Waals surface area contributed by atoms with Crippen molar-refractivity contribution in [2.45, 2.75) is 32.4 Å². The predicted octanol–water partition coefficient (Wildman–Crippen LogP) is 3.25. The van der Waals surface area contributed by atoms with Crippen LogP contribution >= 0.6 is 0 Å². The Morgan fingerprint density at radius 1 is 1.00 bits per heavy atom. The summed E-state index contributed by atoms with van der Waals surface area (Å²) in [6, 6.07) is 19.8. The molecule has 0 saturated carbocycles. The summed E-state index contributed by atoms with van der Waals surface area (Å²) in [5.74, 6) is -1.36. The molecule has 5 nitrogen and oxygen atoms in total. The summed E-state index contributed by atoms with van der Waals surface area (Å²) in [4.78, 5) is 28.8. The third kappa shape index (κ3) is 4.95. The second-order valence-corrected chi connectivity index (χ2v) is 6.72. The molecule has 1 saturated heterocycles. The van der Waals surface area contributed by atoms with Crippen molar-refractivity contribution in [1.29, 1.82) is 0 Å². The Labute approximate surface area is 160 Å². The van der Waals surface area contributed by atoms with Crippen LogP contribution in [0, 0.1) is 0 Å². The molecular formula is C22H26N2O3. The highest BCUT2D eigenvalue weighted by molar-refractivity contribution is 6.38. The molecule has 0 unspecified atom stereocenters. The van der Waals surface area contributed by atoms with Crippen molar-refractivity contribution in [2.75, 3.05) is 24.6 Å². The Bertz CT molecular complexity index is 741. The molecule has 0 aliphatic carbocycles. The molecule has 0 bridgehead atoms. The zero-order chi connectivity index (χ0) is 19.1. The Kier molecular flexibility index (Phi) is 6.60. The molecule has 2 aromatic rings. The number of hydrogen-bond donors (Lipinski definition) is 0. The fourth-order valence-corrected chi connectivity index (χ4v) is 3.55. The van der Waals surface area contributed by atoms with Gasteiger partial charge < -0.3 is 4.74 Å². The van der Waals surface area contributed by atoms with Gasteiger partial charge in [-0.05, 0) is 37.5 Å². The van der Waals surface area contributed by atoms with Gasteiger partial charge in [-0.1, -0.05) is 48.5 Å². The number of para-hydroxylation sites is 1. The van der Waals surface area contributed by atoms with Crippen molar-refractivity contribution in [3.05, 3.63) is 66.2 Å². The van der Waals surface area contributed by atoms with Crippen LogP contribution in [-0.4, -0.2) is 42.5 Å². The van der Waals surface area contributed by atoms with Gasteiger partial charge in [-0.2, -0.15) is 0 Å². The van der Waals surface area contributed by atoms with Gasteiger partial charge in [-0.15, -0.1) is 0 Å². The molecule has 5 heteroatoms. The maximum absolute atomic E-state index is 12.7. The van der Waals surface area contributed by atoms with Crippen LogP contribution < -0.4 is 4.90 Å². The average molecular weight is 366 g/mol. The van der Waals surface area contributed by atoms with E-state index < -0.39 is 11.9 Å². The summed E-state index contributed by atoms with van der Waals surface area (Å²) >= 11 is 0. The van der Waals surface area contributed by atoms with E-state index in [1.54, 1.807) is 11.8 Å². The molecule has 0 radical (unpaired) electrons. The molecule has 1 heterocycles. The minimum absolute atomic E-state index is 0.00340. The standard InChI is InChI=1S/C22H26N2O3/c1-2-27-22(26)21(25)24(19-11-7-4-8-12-19)20-13-15-23(16-14-20)17-18-9-5-3-6-10-18/h3-12,20H,2,13-17H2,1H3. The quantitative estimate of drug-likeness (QED) is 0.602. The number of rotatable bonds is 5. The summed E-state index contributed by atoms with van der Waals surface area (Å²) in [6.07, 6.45) is 1.65. The number of hydrogen-bond acceptors (Lipinski definition) is 4. The number of likely N-dealkylation sites (tertiary alicyclic amines) is 1. The third-order valence-corrected chi connectivity index (χ3v) is 4.87. The number of esters is 1. The normalized spacial score (nSPS) is 15.3. The van der Waals surface area contributed by atoms with Crippen LogP contribution in [0.1, 0.15) is 25.3 Å². The number of carbonyl (C=O) groups is 2. The molecule has 1 amide bonds. The lowest BCUT2D eigenvalue weighted by Crippen LogP contribution is -2.50. The van der Waals surface area contributed by atoms with Gasteiger partial charge in [0.1, 0.15) is 0 Å². The molecule has 2 aromatic carbocycles. The van der Waals surface area contributed by atoms with Crippen LogP contribution in [-0.2, 0) is 20.9 Å². The molecule has 1 aliphatic rings. The highest BCUT2D eigenvalue weighted by Gasteiger charge is 2.33. The van der Waals surface area contributed by atoms with E-state index in [9.17, 15) is 9.59 Å². The molecule has 0 aromatic heterocycles. The fraction of sp³-hybridized carbons (Fsp3) is 0.364. The topological polar surface area (TPSA) is 49.9 Å². The summed E-state index contributed by atoms with van der Waals surface area (Å²) in [7, 11) is 0. The largest absolute Gasteiger partial charge is 0.459 e. The van der Waals surface area contributed by atoms with Crippen molar-refractivity contribution in [2.24, 2.45) is 0 Å². The van der Waals surface area contributed by atoms with E-state index in [-0.39, 0.29) is 12.6 Å². The lowest BCUT2D eigenvalue weighted by molar-refractivity contribution is -0.153. The summed E-state index contributed by atoms with van der Waals surface area (Å²) in [5, 5.41) is 0. The lowest BCUT2D eigenvalue weighted by atomic mass is 10.0. The summed E-state index contributed by atoms with van der Waals surface area (Å²) in [5.41, 5.74) is 2.04. The van der Waals surface area contributed by atoms with Gasteiger partial charge in [0, 0.05) is 31.4 Å². The zero-order valence-electron chi connectivity index (χ0n) is 15.7. The molecule has 1 aliphatic heterocycles. The van der Waals surface area contributed by atoms with Gasteiger partial charge in [-0.25, -0.2) is 4.79 Å². The fourth-order valence-electron chi connectivity index (χ4n) is 3.55. The minimum Gasteiger partial charge on any atom is -0.459 e. The van der Waals surface area contributed by atoms with E-state index in [2.05, 4.69) is 29.2 Å². The van der Waals surface area contributed by atoms with E-state index in [0.717, 1.165) is 38.2 Å². The number of carbonyl (C=O) groups excluding carboxylic acids is 2. The molecule has 1 fully saturated rings. The number of nitrogens with zero attached hydrogens (tertiary/aromatic N) is 2. The van der Waals surface area contributed by atoms with Gasteiger partial charge >= 0.3 is 11.9 Å². The van der Waals surface area contributed by atoms with Crippen LogP contribution in [0.15, 0.2) is 60.7 Å².